The average molecular weight is 292 g/mol. The van der Waals surface area contributed by atoms with Crippen LogP contribution in [0, 0.1) is 5.92 Å². The molecule has 0 spiro atoms. The van der Waals surface area contributed by atoms with Crippen LogP contribution in [0.1, 0.15) is 29.8 Å². The Morgan fingerprint density at radius 1 is 1.40 bits per heavy atom. The van der Waals surface area contributed by atoms with E-state index in [1.807, 2.05) is 13.8 Å². The maximum atomic E-state index is 11.8. The molecule has 5 nitrogen and oxygen atoms in total. The Bertz CT molecular complexity index is 538. The first-order chi connectivity index (χ1) is 9.56. The van der Waals surface area contributed by atoms with E-state index in [0.29, 0.717) is 23.8 Å². The van der Waals surface area contributed by atoms with Crippen molar-refractivity contribution in [2.45, 2.75) is 13.8 Å². The fourth-order valence-electron chi connectivity index (χ4n) is 1.53. The van der Waals surface area contributed by atoms with E-state index in [-0.39, 0.29) is 11.9 Å². The quantitative estimate of drug-likeness (QED) is 0.862. The molecular formula is C14H16N2O3S. The standard InChI is InChI=1S/C14H16N2O3S/c1-9(2)7-19-14(18)11-5-3-10(4-6-11)13-16-15-12(17)8-20-13/h3-6,9H,7-8H2,1-2H3,(H,15,17). The van der Waals surface area contributed by atoms with Crippen molar-refractivity contribution in [3.8, 4) is 0 Å². The number of nitrogens with one attached hydrogen (secondary N) is 1. The van der Waals surface area contributed by atoms with Gasteiger partial charge in [-0.1, -0.05) is 37.7 Å². The third kappa shape index (κ3) is 3.84. The minimum atomic E-state index is -0.322. The largest absolute Gasteiger partial charge is 0.462 e. The number of esters is 1. The van der Waals surface area contributed by atoms with Crippen LogP contribution in [-0.4, -0.2) is 29.3 Å². The molecule has 1 heterocycles. The lowest BCUT2D eigenvalue weighted by Gasteiger charge is -2.12. The first kappa shape index (κ1) is 14.6. The fourth-order valence-corrected chi connectivity index (χ4v) is 2.28. The molecule has 0 saturated heterocycles. The summed E-state index contributed by atoms with van der Waals surface area (Å²) >= 11 is 1.37. The minimum Gasteiger partial charge on any atom is -0.462 e. The van der Waals surface area contributed by atoms with Gasteiger partial charge in [-0.25, -0.2) is 10.2 Å². The van der Waals surface area contributed by atoms with Gasteiger partial charge in [-0.2, -0.15) is 5.10 Å². The van der Waals surface area contributed by atoms with E-state index >= 15 is 0 Å². The Morgan fingerprint density at radius 3 is 2.65 bits per heavy atom. The van der Waals surface area contributed by atoms with E-state index in [1.165, 1.54) is 11.8 Å². The zero-order valence-electron chi connectivity index (χ0n) is 11.4. The molecular weight excluding hydrogens is 276 g/mol. The van der Waals surface area contributed by atoms with Crippen LogP contribution in [0.15, 0.2) is 29.4 Å². The highest BCUT2D eigenvalue weighted by atomic mass is 32.2. The summed E-state index contributed by atoms with van der Waals surface area (Å²) in [6, 6.07) is 7.01. The monoisotopic (exact) mass is 292 g/mol. The van der Waals surface area contributed by atoms with E-state index in [2.05, 4.69) is 10.5 Å². The lowest BCUT2D eigenvalue weighted by molar-refractivity contribution is -0.118. The maximum absolute atomic E-state index is 11.8. The summed E-state index contributed by atoms with van der Waals surface area (Å²) in [4.78, 5) is 22.8. The Balaban J connectivity index is 2.03. The van der Waals surface area contributed by atoms with E-state index < -0.39 is 0 Å². The molecule has 0 fully saturated rings. The molecule has 1 aromatic carbocycles. The van der Waals surface area contributed by atoms with Crippen LogP contribution in [0.3, 0.4) is 0 Å². The summed E-state index contributed by atoms with van der Waals surface area (Å²) in [5, 5.41) is 4.72. The second-order valence-electron chi connectivity index (χ2n) is 4.81. The normalized spacial score (nSPS) is 14.8. The van der Waals surface area contributed by atoms with Crippen LogP contribution in [-0.2, 0) is 9.53 Å². The third-order valence-electron chi connectivity index (χ3n) is 2.54. The summed E-state index contributed by atoms with van der Waals surface area (Å²) in [6.45, 7) is 4.39. The lowest BCUT2D eigenvalue weighted by atomic mass is 10.1. The number of nitrogens with zero attached hydrogens (tertiary/aromatic N) is 1. The molecule has 1 N–H and O–H groups in total. The van der Waals surface area contributed by atoms with Gasteiger partial charge in [0.25, 0.3) is 5.91 Å². The number of carbonyl (C=O) groups excluding carboxylic acids is 2. The smallest absolute Gasteiger partial charge is 0.338 e. The fraction of sp³-hybridized carbons (Fsp3) is 0.357. The van der Waals surface area contributed by atoms with Crippen LogP contribution in [0.25, 0.3) is 0 Å². The summed E-state index contributed by atoms with van der Waals surface area (Å²) in [5.41, 5.74) is 3.82. The van der Waals surface area contributed by atoms with Crippen LogP contribution in [0.4, 0.5) is 0 Å². The van der Waals surface area contributed by atoms with Crippen molar-refractivity contribution in [1.82, 2.24) is 5.43 Å². The van der Waals surface area contributed by atoms with E-state index in [9.17, 15) is 9.59 Å². The highest BCUT2D eigenvalue weighted by Gasteiger charge is 2.15. The van der Waals surface area contributed by atoms with Gasteiger partial charge in [0, 0.05) is 5.56 Å². The SMILES string of the molecule is CC(C)COC(=O)c1ccc(C2=NNC(=O)CS2)cc1. The van der Waals surface area contributed by atoms with Crippen LogP contribution >= 0.6 is 11.8 Å². The molecule has 6 heteroatoms. The Kier molecular flexibility index (Phi) is 4.79. The summed E-state index contributed by atoms with van der Waals surface area (Å²) < 4.78 is 5.16. The number of rotatable bonds is 4. The van der Waals surface area contributed by atoms with E-state index in [1.54, 1.807) is 24.3 Å². The third-order valence-corrected chi connectivity index (χ3v) is 3.54. The number of carbonyl (C=O) groups is 2. The molecule has 106 valence electrons. The van der Waals surface area contributed by atoms with Gasteiger partial charge in [0.05, 0.1) is 17.9 Å². The molecule has 0 bridgehead atoms. The van der Waals surface area contributed by atoms with Crippen molar-refractivity contribution in [2.75, 3.05) is 12.4 Å². The summed E-state index contributed by atoms with van der Waals surface area (Å²) in [6.07, 6.45) is 0. The van der Waals surface area contributed by atoms with Crippen molar-refractivity contribution in [3.05, 3.63) is 35.4 Å². The van der Waals surface area contributed by atoms with Crippen molar-refractivity contribution >= 4 is 28.7 Å². The molecule has 20 heavy (non-hydrogen) atoms. The van der Waals surface area contributed by atoms with Gasteiger partial charge < -0.3 is 4.74 Å². The number of benzene rings is 1. The molecule has 1 aromatic rings. The number of hydrogen-bond acceptors (Lipinski definition) is 5. The van der Waals surface area contributed by atoms with Crippen molar-refractivity contribution in [3.63, 3.8) is 0 Å². The van der Waals surface area contributed by atoms with Gasteiger partial charge in [-0.3, -0.25) is 4.79 Å². The summed E-state index contributed by atoms with van der Waals surface area (Å²) in [5.74, 6) is 0.246. The van der Waals surface area contributed by atoms with Gasteiger partial charge in [-0.15, -0.1) is 0 Å². The maximum Gasteiger partial charge on any atom is 0.338 e. The van der Waals surface area contributed by atoms with E-state index in [4.69, 9.17) is 4.74 Å². The number of ether oxygens (including phenoxy) is 1. The van der Waals surface area contributed by atoms with E-state index in [0.717, 1.165) is 10.6 Å². The molecule has 2 rings (SSSR count). The summed E-state index contributed by atoms with van der Waals surface area (Å²) in [7, 11) is 0. The molecule has 1 aliphatic rings. The molecule has 0 unspecified atom stereocenters. The Labute approximate surface area is 121 Å². The zero-order valence-corrected chi connectivity index (χ0v) is 12.2. The topological polar surface area (TPSA) is 67.8 Å². The van der Waals surface area contributed by atoms with Crippen LogP contribution in [0.2, 0.25) is 0 Å². The minimum absolute atomic E-state index is 0.104. The molecule has 1 aliphatic heterocycles. The predicted octanol–water partition coefficient (Wildman–Crippen LogP) is 2.02. The van der Waals surface area contributed by atoms with Crippen molar-refractivity contribution in [2.24, 2.45) is 11.0 Å². The van der Waals surface area contributed by atoms with Gasteiger partial charge in [0.15, 0.2) is 0 Å². The number of hydrazone groups is 1. The molecule has 0 radical (unpaired) electrons. The van der Waals surface area contributed by atoms with Gasteiger partial charge in [0.1, 0.15) is 5.04 Å². The van der Waals surface area contributed by atoms with Gasteiger partial charge in [-0.05, 0) is 18.1 Å². The average Bonchev–Trinajstić information content (AvgIpc) is 2.46. The Hall–Kier alpha value is -1.82. The molecule has 0 atom stereocenters. The number of amides is 1. The second-order valence-corrected chi connectivity index (χ2v) is 5.77. The van der Waals surface area contributed by atoms with Crippen LogP contribution in [0.5, 0.6) is 0 Å². The highest BCUT2D eigenvalue weighted by molar-refractivity contribution is 8.15. The lowest BCUT2D eigenvalue weighted by Crippen LogP contribution is -2.26. The number of hydrogen-bond donors (Lipinski definition) is 1. The first-order valence-electron chi connectivity index (χ1n) is 6.33. The first-order valence-corrected chi connectivity index (χ1v) is 7.31. The molecule has 1 amide bonds. The zero-order chi connectivity index (χ0) is 14.5. The predicted molar refractivity (Wildman–Crippen MR) is 78.7 cm³/mol. The van der Waals surface area contributed by atoms with Gasteiger partial charge >= 0.3 is 5.97 Å². The van der Waals surface area contributed by atoms with Crippen molar-refractivity contribution < 1.29 is 14.3 Å². The van der Waals surface area contributed by atoms with Gasteiger partial charge in [0.2, 0.25) is 0 Å². The van der Waals surface area contributed by atoms with Crippen LogP contribution < -0.4 is 5.43 Å². The second kappa shape index (κ2) is 6.56. The van der Waals surface area contributed by atoms with Crippen molar-refractivity contribution in [1.29, 1.82) is 0 Å². The Morgan fingerprint density at radius 2 is 2.10 bits per heavy atom. The molecule has 0 aromatic heterocycles. The highest BCUT2D eigenvalue weighted by Crippen LogP contribution is 2.17. The molecule has 0 aliphatic carbocycles. The molecule has 0 saturated carbocycles. The number of thioether (sulfide) groups is 1.